The van der Waals surface area contributed by atoms with E-state index in [-0.39, 0.29) is 11.6 Å². The van der Waals surface area contributed by atoms with Crippen LogP contribution in [0.5, 0.6) is 0 Å². The van der Waals surface area contributed by atoms with Gasteiger partial charge in [-0.05, 0) is 52.9 Å². The van der Waals surface area contributed by atoms with Gasteiger partial charge in [-0.15, -0.1) is 0 Å². The van der Waals surface area contributed by atoms with E-state index in [1.54, 1.807) is 12.1 Å². The summed E-state index contributed by atoms with van der Waals surface area (Å²) >= 11 is 5.31. The minimum atomic E-state index is -0.998. The Balaban J connectivity index is 2.25. The first-order valence-corrected chi connectivity index (χ1v) is 7.06. The zero-order valence-electron chi connectivity index (χ0n) is 9.38. The highest BCUT2D eigenvalue weighted by Gasteiger charge is 2.12. The molecule has 0 unspecified atom stereocenters. The molecular weight excluding hydrogens is 431 g/mol. The molecule has 0 aliphatic rings. The molecule has 2 nitrogen and oxygen atoms in total. The summed E-state index contributed by atoms with van der Waals surface area (Å²) in [7, 11) is 0. The minimum absolute atomic E-state index is 0.208. The van der Waals surface area contributed by atoms with E-state index in [9.17, 15) is 13.6 Å². The molecule has 0 atom stereocenters. The molecule has 6 heteroatoms. The molecule has 1 N–H and O–H groups in total. The van der Waals surface area contributed by atoms with E-state index in [0.29, 0.717) is 5.56 Å². The van der Waals surface area contributed by atoms with Gasteiger partial charge >= 0.3 is 0 Å². The van der Waals surface area contributed by atoms with Crippen molar-refractivity contribution in [1.29, 1.82) is 0 Å². The number of hydrogen-bond acceptors (Lipinski definition) is 1. The molecule has 0 heterocycles. The van der Waals surface area contributed by atoms with Gasteiger partial charge in [0.25, 0.3) is 5.91 Å². The first-order chi connectivity index (χ1) is 8.97. The molecule has 19 heavy (non-hydrogen) atoms. The quantitative estimate of drug-likeness (QED) is 0.684. The van der Waals surface area contributed by atoms with Gasteiger partial charge in [-0.1, -0.05) is 15.9 Å². The fourth-order valence-corrected chi connectivity index (χ4v) is 2.39. The second-order valence-electron chi connectivity index (χ2n) is 3.71. The maximum absolute atomic E-state index is 13.0. The van der Waals surface area contributed by atoms with E-state index in [4.69, 9.17) is 0 Å². The standard InChI is InChI=1S/C13H7BrF2INO/c14-7-1-4-12(17)9(5-7)13(19)18-8-2-3-10(15)11(16)6-8/h1-6H,(H,18,19). The number of carbonyl (C=O) groups excluding carboxylic acids is 1. The Kier molecular flexibility index (Phi) is 4.51. The molecule has 0 aliphatic carbocycles. The van der Waals surface area contributed by atoms with Crippen LogP contribution in [0.1, 0.15) is 10.4 Å². The number of anilines is 1. The molecule has 1 amide bonds. The zero-order chi connectivity index (χ0) is 14.0. The molecule has 0 saturated carbocycles. The van der Waals surface area contributed by atoms with Crippen molar-refractivity contribution in [3.8, 4) is 0 Å². The van der Waals surface area contributed by atoms with Gasteiger partial charge in [0.05, 0.1) is 5.56 Å². The molecule has 2 rings (SSSR count). The maximum atomic E-state index is 13.0. The van der Waals surface area contributed by atoms with E-state index >= 15 is 0 Å². The summed E-state index contributed by atoms with van der Waals surface area (Å²) in [5, 5.41) is 2.52. The van der Waals surface area contributed by atoms with Crippen molar-refractivity contribution in [2.75, 3.05) is 5.32 Å². The Labute approximate surface area is 130 Å². The molecular formula is C13H7BrF2INO. The van der Waals surface area contributed by atoms with Crippen LogP contribution in [-0.4, -0.2) is 5.91 Å². The first kappa shape index (κ1) is 14.4. The Bertz CT molecular complexity index is 649. The molecule has 0 fully saturated rings. The van der Waals surface area contributed by atoms with Crippen LogP contribution >= 0.6 is 38.5 Å². The van der Waals surface area contributed by atoms with Crippen molar-refractivity contribution in [3.05, 3.63) is 61.6 Å². The highest BCUT2D eigenvalue weighted by atomic mass is 127. The predicted molar refractivity (Wildman–Crippen MR) is 81.2 cm³/mol. The summed E-state index contributed by atoms with van der Waals surface area (Å²) in [5.74, 6) is -2.33. The van der Waals surface area contributed by atoms with Gasteiger partial charge in [0.1, 0.15) is 0 Å². The van der Waals surface area contributed by atoms with Gasteiger partial charge < -0.3 is 5.32 Å². The van der Waals surface area contributed by atoms with Gasteiger partial charge in [0.15, 0.2) is 11.6 Å². The summed E-state index contributed by atoms with van der Waals surface area (Å²) in [6.45, 7) is 0. The number of hydrogen-bond donors (Lipinski definition) is 1. The van der Waals surface area contributed by atoms with Gasteiger partial charge in [0.2, 0.25) is 0 Å². The van der Waals surface area contributed by atoms with Gasteiger partial charge in [-0.25, -0.2) is 8.78 Å². The molecule has 2 aromatic carbocycles. The lowest BCUT2D eigenvalue weighted by Crippen LogP contribution is -2.13. The normalized spacial score (nSPS) is 10.3. The van der Waals surface area contributed by atoms with Gasteiger partial charge in [-0.3, -0.25) is 4.79 Å². The monoisotopic (exact) mass is 437 g/mol. The Morgan fingerprint density at radius 1 is 1.11 bits per heavy atom. The molecule has 0 aromatic heterocycles. The van der Waals surface area contributed by atoms with Crippen LogP contribution in [0, 0.1) is 15.2 Å². The number of halogens is 4. The van der Waals surface area contributed by atoms with Crippen LogP contribution in [-0.2, 0) is 0 Å². The Hall–Kier alpha value is -1.02. The second-order valence-corrected chi connectivity index (χ2v) is 5.79. The lowest BCUT2D eigenvalue weighted by molar-refractivity contribution is 0.102. The lowest BCUT2D eigenvalue weighted by atomic mass is 10.2. The third-order valence-electron chi connectivity index (χ3n) is 2.35. The van der Waals surface area contributed by atoms with Gasteiger partial charge in [-0.2, -0.15) is 0 Å². The van der Waals surface area contributed by atoms with E-state index < -0.39 is 11.6 Å². The average Bonchev–Trinajstić information content (AvgIpc) is 2.36. The van der Waals surface area contributed by atoms with Crippen molar-refractivity contribution in [3.63, 3.8) is 0 Å². The third-order valence-corrected chi connectivity index (χ3v) is 3.78. The van der Waals surface area contributed by atoms with Gasteiger partial charge in [0, 0.05) is 19.8 Å². The van der Waals surface area contributed by atoms with Crippen molar-refractivity contribution in [2.45, 2.75) is 0 Å². The average molecular weight is 438 g/mol. The Morgan fingerprint density at radius 3 is 2.53 bits per heavy atom. The Morgan fingerprint density at radius 2 is 1.84 bits per heavy atom. The highest BCUT2D eigenvalue weighted by molar-refractivity contribution is 14.1. The first-order valence-electron chi connectivity index (χ1n) is 5.19. The fraction of sp³-hybridized carbons (Fsp3) is 0. The largest absolute Gasteiger partial charge is 0.322 e. The minimum Gasteiger partial charge on any atom is -0.322 e. The topological polar surface area (TPSA) is 29.1 Å². The highest BCUT2D eigenvalue weighted by Crippen LogP contribution is 2.20. The number of rotatable bonds is 2. The van der Waals surface area contributed by atoms with Crippen LogP contribution in [0.3, 0.4) is 0 Å². The molecule has 0 bridgehead atoms. The lowest BCUT2D eigenvalue weighted by Gasteiger charge is -2.07. The molecule has 0 spiro atoms. The number of amides is 1. The summed E-state index contributed by atoms with van der Waals surface area (Å²) < 4.78 is 27.4. The van der Waals surface area contributed by atoms with Crippen molar-refractivity contribution in [2.24, 2.45) is 0 Å². The second kappa shape index (κ2) is 5.96. The maximum Gasteiger partial charge on any atom is 0.256 e. The van der Waals surface area contributed by atoms with Crippen molar-refractivity contribution >= 4 is 50.1 Å². The van der Waals surface area contributed by atoms with E-state index in [2.05, 4.69) is 21.2 Å². The number of carbonyl (C=O) groups is 1. The molecule has 0 aliphatic heterocycles. The molecule has 0 radical (unpaired) electrons. The van der Waals surface area contributed by atoms with Crippen LogP contribution in [0.25, 0.3) is 0 Å². The van der Waals surface area contributed by atoms with Crippen LogP contribution in [0.4, 0.5) is 14.5 Å². The molecule has 2 aromatic rings. The predicted octanol–water partition coefficient (Wildman–Crippen LogP) is 4.58. The third kappa shape index (κ3) is 3.50. The SMILES string of the molecule is O=C(Nc1ccc(F)c(F)c1)c1cc(Br)ccc1I. The molecule has 98 valence electrons. The van der Waals surface area contributed by atoms with Crippen LogP contribution in [0.2, 0.25) is 0 Å². The summed E-state index contributed by atoms with van der Waals surface area (Å²) in [4.78, 5) is 12.0. The van der Waals surface area contributed by atoms with Crippen molar-refractivity contribution < 1.29 is 13.6 Å². The smallest absolute Gasteiger partial charge is 0.256 e. The van der Waals surface area contributed by atoms with E-state index in [0.717, 1.165) is 20.2 Å². The summed E-state index contributed by atoms with van der Waals surface area (Å²) in [5.41, 5.74) is 0.666. The summed E-state index contributed by atoms with van der Waals surface area (Å²) in [6.07, 6.45) is 0. The van der Waals surface area contributed by atoms with E-state index in [1.165, 1.54) is 6.07 Å². The molecule has 0 saturated heterocycles. The van der Waals surface area contributed by atoms with Crippen LogP contribution < -0.4 is 5.32 Å². The summed E-state index contributed by atoms with van der Waals surface area (Å²) in [6, 6.07) is 8.48. The zero-order valence-corrected chi connectivity index (χ0v) is 13.1. The fourth-order valence-electron chi connectivity index (χ4n) is 1.44. The number of benzene rings is 2. The number of nitrogens with one attached hydrogen (secondary N) is 1. The van der Waals surface area contributed by atoms with Crippen LogP contribution in [0.15, 0.2) is 40.9 Å². The van der Waals surface area contributed by atoms with E-state index in [1.807, 2.05) is 28.7 Å². The van der Waals surface area contributed by atoms with Crippen molar-refractivity contribution in [1.82, 2.24) is 0 Å².